The van der Waals surface area contributed by atoms with Crippen molar-refractivity contribution in [2.75, 3.05) is 23.3 Å². The van der Waals surface area contributed by atoms with Crippen LogP contribution in [0.2, 0.25) is 0 Å². The molecule has 29 heavy (non-hydrogen) atoms. The Morgan fingerprint density at radius 3 is 2.55 bits per heavy atom. The van der Waals surface area contributed by atoms with Crippen molar-refractivity contribution in [1.29, 1.82) is 0 Å². The first kappa shape index (κ1) is 19.0. The van der Waals surface area contributed by atoms with Crippen LogP contribution in [-0.4, -0.2) is 43.7 Å². The van der Waals surface area contributed by atoms with Crippen molar-refractivity contribution < 1.29 is 4.79 Å². The lowest BCUT2D eigenvalue weighted by Gasteiger charge is -2.33. The third-order valence-corrected chi connectivity index (χ3v) is 5.33. The highest BCUT2D eigenvalue weighted by molar-refractivity contribution is 5.94. The van der Waals surface area contributed by atoms with Gasteiger partial charge in [0.05, 0.1) is 5.92 Å². The Morgan fingerprint density at radius 1 is 1.07 bits per heavy atom. The van der Waals surface area contributed by atoms with E-state index in [0.29, 0.717) is 12.4 Å². The highest BCUT2D eigenvalue weighted by Gasteiger charge is 2.27. The maximum Gasteiger partial charge on any atom is 0.229 e. The predicted molar refractivity (Wildman–Crippen MR) is 111 cm³/mol. The molecule has 0 bridgehead atoms. The maximum absolute atomic E-state index is 13.0. The molecule has 3 heterocycles. The van der Waals surface area contributed by atoms with Crippen LogP contribution in [0.1, 0.15) is 29.5 Å². The van der Waals surface area contributed by atoms with E-state index in [1.54, 1.807) is 11.0 Å². The van der Waals surface area contributed by atoms with Gasteiger partial charge in [0.2, 0.25) is 5.91 Å². The number of nitrogens with zero attached hydrogens (tertiary/aromatic N) is 6. The van der Waals surface area contributed by atoms with Gasteiger partial charge in [0.15, 0.2) is 5.82 Å². The fourth-order valence-electron chi connectivity index (χ4n) is 3.96. The third-order valence-electron chi connectivity index (χ3n) is 5.33. The highest BCUT2D eigenvalue weighted by atomic mass is 16.1. The fourth-order valence-corrected chi connectivity index (χ4v) is 3.96. The molecule has 1 unspecified atom stereocenters. The molecule has 2 aromatic heterocycles. The molecule has 150 valence electrons. The normalized spacial score (nSPS) is 16.7. The van der Waals surface area contributed by atoms with Crippen LogP contribution in [-0.2, 0) is 4.79 Å². The van der Waals surface area contributed by atoms with Gasteiger partial charge in [0.1, 0.15) is 24.8 Å². The summed E-state index contributed by atoms with van der Waals surface area (Å²) in [5.74, 6) is 1.43. The number of piperidine rings is 1. The van der Waals surface area contributed by atoms with Crippen molar-refractivity contribution in [2.24, 2.45) is 5.92 Å². The molecule has 1 fully saturated rings. The van der Waals surface area contributed by atoms with Crippen molar-refractivity contribution in [3.8, 4) is 5.82 Å². The van der Waals surface area contributed by atoms with Crippen LogP contribution in [0.5, 0.6) is 0 Å². The van der Waals surface area contributed by atoms with Crippen molar-refractivity contribution in [3.63, 3.8) is 0 Å². The second-order valence-corrected chi connectivity index (χ2v) is 7.62. The van der Waals surface area contributed by atoms with Gasteiger partial charge in [-0.3, -0.25) is 4.79 Å². The van der Waals surface area contributed by atoms with Gasteiger partial charge >= 0.3 is 0 Å². The van der Waals surface area contributed by atoms with E-state index in [4.69, 9.17) is 0 Å². The second-order valence-electron chi connectivity index (χ2n) is 7.62. The summed E-state index contributed by atoms with van der Waals surface area (Å²) >= 11 is 0. The number of anilines is 2. The fraction of sp³-hybridized carbons (Fsp3) is 0.381. The summed E-state index contributed by atoms with van der Waals surface area (Å²) in [6.07, 6.45) is 6.40. The first-order valence-electron chi connectivity index (χ1n) is 9.82. The molecule has 1 amide bonds. The maximum atomic E-state index is 13.0. The number of aromatic nitrogens is 5. The van der Waals surface area contributed by atoms with E-state index >= 15 is 0 Å². The monoisotopic (exact) mass is 391 g/mol. The Labute approximate surface area is 170 Å². The first-order valence-corrected chi connectivity index (χ1v) is 9.82. The minimum atomic E-state index is -0.0892. The number of benzene rings is 1. The summed E-state index contributed by atoms with van der Waals surface area (Å²) in [6, 6.07) is 6.08. The molecule has 8 nitrogen and oxygen atoms in total. The summed E-state index contributed by atoms with van der Waals surface area (Å²) in [5, 5.41) is 7.28. The Balaban J connectivity index is 1.49. The SMILES string of the molecule is Cc1cc(C)c(NC(=O)C2CCCN(c3cc(-n4cncn4)ncn3)C2)c(C)c1. The molecule has 0 saturated carbocycles. The van der Waals surface area contributed by atoms with Crippen LogP contribution >= 0.6 is 0 Å². The summed E-state index contributed by atoms with van der Waals surface area (Å²) in [6.45, 7) is 7.63. The molecule has 0 aliphatic carbocycles. The van der Waals surface area contributed by atoms with Crippen LogP contribution in [0, 0.1) is 26.7 Å². The van der Waals surface area contributed by atoms with E-state index in [-0.39, 0.29) is 11.8 Å². The Kier molecular flexibility index (Phi) is 5.24. The Morgan fingerprint density at radius 2 is 1.83 bits per heavy atom. The molecule has 0 radical (unpaired) electrons. The molecule has 1 N–H and O–H groups in total. The predicted octanol–water partition coefficient (Wildman–Crippen LogP) is 2.84. The standard InChI is InChI=1S/C21H25N7O/c1-14-7-15(2)20(16(3)8-14)26-21(29)17-5-4-6-27(10-17)18-9-19(24-12-23-18)28-13-22-11-25-28/h7-9,11-13,17H,4-6,10H2,1-3H3,(H,26,29). The Hall–Kier alpha value is -3.29. The largest absolute Gasteiger partial charge is 0.356 e. The number of hydrogen-bond acceptors (Lipinski definition) is 6. The number of aryl methyl sites for hydroxylation is 3. The molecular weight excluding hydrogens is 366 g/mol. The van der Waals surface area contributed by atoms with Crippen molar-refractivity contribution >= 4 is 17.4 Å². The zero-order chi connectivity index (χ0) is 20.4. The number of carbonyl (C=O) groups is 1. The zero-order valence-corrected chi connectivity index (χ0v) is 17.0. The third kappa shape index (κ3) is 4.11. The van der Waals surface area contributed by atoms with E-state index in [9.17, 15) is 4.79 Å². The van der Waals surface area contributed by atoms with Crippen molar-refractivity contribution in [1.82, 2.24) is 24.7 Å². The van der Waals surface area contributed by atoms with E-state index in [2.05, 4.69) is 49.3 Å². The summed E-state index contributed by atoms with van der Waals surface area (Å²) < 4.78 is 1.60. The average Bonchev–Trinajstić information content (AvgIpc) is 3.26. The van der Waals surface area contributed by atoms with Crippen molar-refractivity contribution in [3.05, 3.63) is 53.9 Å². The quantitative estimate of drug-likeness (QED) is 0.736. The number of rotatable bonds is 4. The number of nitrogens with one attached hydrogen (secondary N) is 1. The van der Waals surface area contributed by atoms with Gasteiger partial charge < -0.3 is 10.2 Å². The number of hydrogen-bond donors (Lipinski definition) is 1. The molecule has 1 aliphatic rings. The van der Waals surface area contributed by atoms with Crippen LogP contribution in [0.3, 0.4) is 0 Å². The molecule has 1 saturated heterocycles. The summed E-state index contributed by atoms with van der Waals surface area (Å²) in [4.78, 5) is 27.8. The molecule has 1 atom stereocenters. The molecular formula is C21H25N7O. The highest BCUT2D eigenvalue weighted by Crippen LogP contribution is 2.26. The van der Waals surface area contributed by atoms with Crippen LogP contribution < -0.4 is 10.2 Å². The van der Waals surface area contributed by atoms with E-state index in [1.807, 2.05) is 19.9 Å². The van der Waals surface area contributed by atoms with E-state index in [0.717, 1.165) is 42.0 Å². The average molecular weight is 391 g/mol. The molecule has 4 rings (SSSR count). The van der Waals surface area contributed by atoms with E-state index < -0.39 is 0 Å². The lowest BCUT2D eigenvalue weighted by molar-refractivity contribution is -0.120. The molecule has 0 spiro atoms. The Bertz CT molecular complexity index is 993. The minimum Gasteiger partial charge on any atom is -0.356 e. The molecule has 3 aromatic rings. The second kappa shape index (κ2) is 7.98. The lowest BCUT2D eigenvalue weighted by atomic mass is 9.96. The molecule has 1 aliphatic heterocycles. The van der Waals surface area contributed by atoms with Gasteiger partial charge in [0.25, 0.3) is 0 Å². The van der Waals surface area contributed by atoms with Crippen LogP contribution in [0.15, 0.2) is 37.2 Å². The van der Waals surface area contributed by atoms with E-state index in [1.165, 1.54) is 18.2 Å². The number of amides is 1. The van der Waals surface area contributed by atoms with Crippen LogP contribution in [0.4, 0.5) is 11.5 Å². The van der Waals surface area contributed by atoms with Gasteiger partial charge in [0, 0.05) is 24.8 Å². The lowest BCUT2D eigenvalue weighted by Crippen LogP contribution is -2.41. The summed E-state index contributed by atoms with van der Waals surface area (Å²) in [5.41, 5.74) is 4.32. The van der Waals surface area contributed by atoms with Gasteiger partial charge in [-0.1, -0.05) is 17.7 Å². The summed E-state index contributed by atoms with van der Waals surface area (Å²) in [7, 11) is 0. The smallest absolute Gasteiger partial charge is 0.229 e. The van der Waals surface area contributed by atoms with Gasteiger partial charge in [-0.2, -0.15) is 5.10 Å². The van der Waals surface area contributed by atoms with Gasteiger partial charge in [-0.25, -0.2) is 19.6 Å². The van der Waals surface area contributed by atoms with Crippen molar-refractivity contribution in [2.45, 2.75) is 33.6 Å². The topological polar surface area (TPSA) is 88.8 Å². The zero-order valence-electron chi connectivity index (χ0n) is 17.0. The van der Waals surface area contributed by atoms with Gasteiger partial charge in [-0.05, 0) is 44.7 Å². The van der Waals surface area contributed by atoms with Crippen LogP contribution in [0.25, 0.3) is 5.82 Å². The first-order chi connectivity index (χ1) is 14.0. The minimum absolute atomic E-state index is 0.0651. The number of carbonyl (C=O) groups excluding carboxylic acids is 1. The molecule has 1 aromatic carbocycles. The molecule has 8 heteroatoms. The van der Waals surface area contributed by atoms with Gasteiger partial charge in [-0.15, -0.1) is 0 Å².